The highest BCUT2D eigenvalue weighted by Crippen LogP contribution is 2.39. The van der Waals surface area contributed by atoms with E-state index in [9.17, 15) is 24.4 Å². The van der Waals surface area contributed by atoms with Crippen molar-refractivity contribution in [2.75, 3.05) is 26.3 Å². The van der Waals surface area contributed by atoms with Crippen molar-refractivity contribution in [1.29, 1.82) is 5.26 Å². The summed E-state index contributed by atoms with van der Waals surface area (Å²) in [5.41, 5.74) is 2.19. The fourth-order valence-electron chi connectivity index (χ4n) is 7.35. The molecular formula is C51H72N6O8Si. The molecule has 4 rings (SSSR count). The van der Waals surface area contributed by atoms with Crippen LogP contribution in [0.3, 0.4) is 0 Å². The van der Waals surface area contributed by atoms with Crippen LogP contribution in [0.1, 0.15) is 90.5 Å². The Balaban J connectivity index is 1.74. The minimum atomic E-state index is -2.61. The number of nitrogens with zero attached hydrogens (tertiary/aromatic N) is 2. The molecule has 4 unspecified atom stereocenters. The van der Waals surface area contributed by atoms with Gasteiger partial charge in [-0.2, -0.15) is 5.26 Å². The predicted octanol–water partition coefficient (Wildman–Crippen LogP) is 7.46. The smallest absolute Gasteiger partial charge is 0.407 e. The maximum Gasteiger partial charge on any atom is 0.407 e. The summed E-state index contributed by atoms with van der Waals surface area (Å²) in [4.78, 5) is 71.8. The standard InChI is InChI=1S/C51H72N6O8Si/c1-11-35(2)44(47(60)53-42(32-37-20-16-13-17-21-37)46(59)56-48(61)57-26-28-63-29-27-57)55-45(58)40(30-38-22-24-39(34-52)25-23-38)33-43(65-66(9,10)51(6,7)8)41(31-36-18-14-12-15-19-36)54-49(62)64-50(3,4)5/h12-25,35,40-44H,11,26-33H2,1-10H3,(H,53,60)(H,54,62)(H,55,58)(H,56,59,61)/t35-,40?,41?,42?,43?,44-/m0/s1. The summed E-state index contributed by atoms with van der Waals surface area (Å²) in [5, 5.41) is 20.9. The predicted molar refractivity (Wildman–Crippen MR) is 258 cm³/mol. The van der Waals surface area contributed by atoms with Crippen molar-refractivity contribution >= 4 is 38.2 Å². The molecule has 0 radical (unpaired) electrons. The van der Waals surface area contributed by atoms with Crippen LogP contribution in [0, 0.1) is 23.2 Å². The van der Waals surface area contributed by atoms with Crippen LogP contribution in [0.4, 0.5) is 9.59 Å². The molecular weight excluding hydrogens is 853 g/mol. The molecule has 6 amide bonds. The monoisotopic (exact) mass is 925 g/mol. The molecule has 3 aromatic carbocycles. The SMILES string of the molecule is CC[C@H](C)[C@H](NC(=O)C(Cc1ccc(C#N)cc1)CC(O[Si](C)(C)C(C)(C)C)C(Cc1ccccc1)NC(=O)OC(C)(C)C)C(=O)NC(Cc1ccccc1)C(=O)NC(=O)N1CCOCC1. The van der Waals surface area contributed by atoms with Crippen molar-refractivity contribution in [2.45, 2.75) is 135 Å². The number of urea groups is 1. The molecule has 0 saturated carbocycles. The largest absolute Gasteiger partial charge is 0.444 e. The number of carbonyl (C=O) groups is 5. The average molecular weight is 925 g/mol. The number of benzene rings is 3. The second kappa shape index (κ2) is 24.3. The Morgan fingerprint density at radius 3 is 1.85 bits per heavy atom. The van der Waals surface area contributed by atoms with Crippen molar-refractivity contribution in [3.05, 3.63) is 107 Å². The molecule has 1 aliphatic heterocycles. The summed E-state index contributed by atoms with van der Waals surface area (Å²) in [7, 11) is -2.61. The summed E-state index contributed by atoms with van der Waals surface area (Å²) < 4.78 is 18.4. The van der Waals surface area contributed by atoms with E-state index in [1.54, 1.807) is 32.9 Å². The Bertz CT molecular complexity index is 2090. The highest BCUT2D eigenvalue weighted by atomic mass is 28.4. The molecule has 358 valence electrons. The minimum Gasteiger partial charge on any atom is -0.444 e. The molecule has 1 heterocycles. The number of amides is 6. The van der Waals surface area contributed by atoms with Crippen molar-refractivity contribution in [3.8, 4) is 6.07 Å². The lowest BCUT2D eigenvalue weighted by atomic mass is 9.87. The Kier molecular flexibility index (Phi) is 19.5. The summed E-state index contributed by atoms with van der Waals surface area (Å²) in [6.45, 7) is 21.2. The molecule has 15 heteroatoms. The Labute approximate surface area is 393 Å². The first-order valence-corrected chi connectivity index (χ1v) is 26.0. The van der Waals surface area contributed by atoms with Crippen molar-refractivity contribution in [3.63, 3.8) is 0 Å². The number of ether oxygens (including phenoxy) is 2. The van der Waals surface area contributed by atoms with E-state index in [-0.39, 0.29) is 30.2 Å². The zero-order chi connectivity index (χ0) is 48.7. The van der Waals surface area contributed by atoms with Gasteiger partial charge in [0.1, 0.15) is 17.7 Å². The van der Waals surface area contributed by atoms with E-state index in [1.807, 2.05) is 86.6 Å². The van der Waals surface area contributed by atoms with E-state index in [1.165, 1.54) is 4.90 Å². The van der Waals surface area contributed by atoms with Crippen LogP contribution < -0.4 is 21.3 Å². The fraction of sp³-hybridized carbons (Fsp3) is 0.529. The lowest BCUT2D eigenvalue weighted by Crippen LogP contribution is -2.59. The number of nitrogens with one attached hydrogen (secondary N) is 4. The normalized spacial score (nSPS) is 16.0. The summed E-state index contributed by atoms with van der Waals surface area (Å²) in [6, 6.07) is 24.7. The molecule has 66 heavy (non-hydrogen) atoms. The van der Waals surface area contributed by atoms with Gasteiger partial charge in [-0.1, -0.05) is 114 Å². The average Bonchev–Trinajstić information content (AvgIpc) is 3.27. The molecule has 1 aliphatic rings. The van der Waals surface area contributed by atoms with E-state index in [0.717, 1.165) is 16.7 Å². The van der Waals surface area contributed by atoms with Crippen molar-refractivity contribution in [1.82, 2.24) is 26.2 Å². The highest BCUT2D eigenvalue weighted by Gasteiger charge is 2.43. The first kappa shape index (κ1) is 53.1. The molecule has 1 saturated heterocycles. The van der Waals surface area contributed by atoms with Gasteiger partial charge in [-0.05, 0) is 92.9 Å². The van der Waals surface area contributed by atoms with Gasteiger partial charge in [0.25, 0.3) is 5.91 Å². The van der Waals surface area contributed by atoms with Crippen LogP contribution >= 0.6 is 0 Å². The van der Waals surface area contributed by atoms with Crippen LogP contribution in [0.15, 0.2) is 84.9 Å². The number of alkyl carbamates (subject to hydrolysis) is 1. The molecule has 0 aliphatic carbocycles. The summed E-state index contributed by atoms with van der Waals surface area (Å²) >= 11 is 0. The van der Waals surface area contributed by atoms with Gasteiger partial charge in [0, 0.05) is 25.4 Å². The molecule has 4 N–H and O–H groups in total. The first-order valence-electron chi connectivity index (χ1n) is 23.1. The molecule has 0 aromatic heterocycles. The minimum absolute atomic E-state index is 0.0945. The van der Waals surface area contributed by atoms with Gasteiger partial charge in [-0.25, -0.2) is 9.59 Å². The van der Waals surface area contributed by atoms with Gasteiger partial charge in [-0.15, -0.1) is 0 Å². The number of nitriles is 1. The lowest BCUT2D eigenvalue weighted by molar-refractivity contribution is -0.134. The second-order valence-corrected chi connectivity index (χ2v) is 24.6. The topological polar surface area (TPSA) is 188 Å². The van der Waals surface area contributed by atoms with Crippen LogP contribution in [0.5, 0.6) is 0 Å². The number of rotatable bonds is 19. The van der Waals surface area contributed by atoms with Gasteiger partial charge < -0.3 is 34.8 Å². The molecule has 1 fully saturated rings. The van der Waals surface area contributed by atoms with Crippen molar-refractivity contribution in [2.24, 2.45) is 11.8 Å². The zero-order valence-electron chi connectivity index (χ0n) is 40.6. The number of hydrogen-bond donors (Lipinski definition) is 4. The van der Waals surface area contributed by atoms with Gasteiger partial charge in [0.05, 0.1) is 37.0 Å². The van der Waals surface area contributed by atoms with Gasteiger partial charge in [-0.3, -0.25) is 19.7 Å². The molecule has 14 nitrogen and oxygen atoms in total. The third-order valence-electron chi connectivity index (χ3n) is 12.4. The Hall–Kier alpha value is -5.56. The number of hydrogen-bond acceptors (Lipinski definition) is 9. The molecule has 6 atom stereocenters. The molecule has 0 bridgehead atoms. The lowest BCUT2D eigenvalue weighted by Gasteiger charge is -2.42. The second-order valence-electron chi connectivity index (χ2n) is 19.8. The van der Waals surface area contributed by atoms with Gasteiger partial charge in [0.2, 0.25) is 11.8 Å². The van der Waals surface area contributed by atoms with Crippen LogP contribution in [-0.2, 0) is 47.5 Å². The number of morpholine rings is 1. The van der Waals surface area contributed by atoms with E-state index >= 15 is 4.79 Å². The Morgan fingerprint density at radius 2 is 1.32 bits per heavy atom. The third-order valence-corrected chi connectivity index (χ3v) is 16.9. The molecule has 0 spiro atoms. The van der Waals surface area contributed by atoms with E-state index in [0.29, 0.717) is 44.7 Å². The zero-order valence-corrected chi connectivity index (χ0v) is 41.6. The summed E-state index contributed by atoms with van der Waals surface area (Å²) in [6.07, 6.45) is 0.0274. The van der Waals surface area contributed by atoms with Crippen LogP contribution in [0.25, 0.3) is 0 Å². The summed E-state index contributed by atoms with van der Waals surface area (Å²) in [5.74, 6) is -2.86. The van der Waals surface area contributed by atoms with Gasteiger partial charge in [0.15, 0.2) is 8.32 Å². The molecule has 3 aromatic rings. The van der Waals surface area contributed by atoms with Crippen molar-refractivity contribution < 1.29 is 37.9 Å². The van der Waals surface area contributed by atoms with Crippen LogP contribution in [0.2, 0.25) is 18.1 Å². The first-order chi connectivity index (χ1) is 31.1. The Morgan fingerprint density at radius 1 is 0.758 bits per heavy atom. The van der Waals surface area contributed by atoms with E-state index in [4.69, 9.17) is 13.9 Å². The third kappa shape index (κ3) is 16.7. The highest BCUT2D eigenvalue weighted by molar-refractivity contribution is 6.74. The number of imide groups is 1. The van der Waals surface area contributed by atoms with Crippen LogP contribution in [-0.4, -0.2) is 99.2 Å². The maximum absolute atomic E-state index is 15.1. The quantitative estimate of drug-likeness (QED) is 0.0886. The van der Waals surface area contributed by atoms with Gasteiger partial charge >= 0.3 is 12.1 Å². The van der Waals surface area contributed by atoms with E-state index < -0.39 is 73.9 Å². The number of carbonyl (C=O) groups excluding carboxylic acids is 5. The van der Waals surface area contributed by atoms with E-state index in [2.05, 4.69) is 61.2 Å². The fourth-order valence-corrected chi connectivity index (χ4v) is 8.72. The maximum atomic E-state index is 15.1.